The lowest BCUT2D eigenvalue weighted by atomic mass is 9.77. The first-order valence-corrected chi connectivity index (χ1v) is 15.0. The van der Waals surface area contributed by atoms with Gasteiger partial charge in [0.2, 0.25) is 0 Å². The second kappa shape index (κ2) is 13.9. The van der Waals surface area contributed by atoms with Crippen LogP contribution in [0.1, 0.15) is 119 Å². The fourth-order valence-corrected chi connectivity index (χ4v) is 6.55. The van der Waals surface area contributed by atoms with Crippen molar-refractivity contribution in [2.24, 2.45) is 11.8 Å². The lowest BCUT2D eigenvalue weighted by Gasteiger charge is -2.29. The van der Waals surface area contributed by atoms with Crippen LogP contribution in [0.4, 0.5) is 17.6 Å². The molecule has 0 radical (unpaired) electrons. The number of alkyl halides is 2. The molecule has 0 spiro atoms. The van der Waals surface area contributed by atoms with Crippen molar-refractivity contribution in [3.8, 4) is 5.75 Å². The van der Waals surface area contributed by atoms with Crippen molar-refractivity contribution in [2.75, 3.05) is 0 Å². The first-order chi connectivity index (χ1) is 18.8. The summed E-state index contributed by atoms with van der Waals surface area (Å²) in [6, 6.07) is 9.55. The molecule has 0 N–H and O–H groups in total. The van der Waals surface area contributed by atoms with Crippen molar-refractivity contribution in [2.45, 2.75) is 115 Å². The summed E-state index contributed by atoms with van der Waals surface area (Å²) in [6.07, 6.45) is 10.5. The zero-order chi connectivity index (χ0) is 27.8. The summed E-state index contributed by atoms with van der Waals surface area (Å²) in [5, 5.41) is 0. The maximum atomic E-state index is 14.9. The van der Waals surface area contributed by atoms with Crippen LogP contribution in [0, 0.1) is 23.5 Å². The molecule has 1 nitrogen and oxygen atoms in total. The fourth-order valence-electron chi connectivity index (χ4n) is 6.55. The van der Waals surface area contributed by atoms with Crippen LogP contribution in [-0.2, 0) is 6.42 Å². The summed E-state index contributed by atoms with van der Waals surface area (Å²) < 4.78 is 64.0. The molecular weight excluding hydrogens is 500 g/mol. The number of benzene rings is 2. The number of ether oxygens (including phenoxy) is 1. The molecule has 2 aromatic rings. The van der Waals surface area contributed by atoms with E-state index < -0.39 is 30.6 Å². The van der Waals surface area contributed by atoms with Gasteiger partial charge in [-0.2, -0.15) is 8.78 Å². The third kappa shape index (κ3) is 8.35. The Balaban J connectivity index is 1.28. The Hall–Kier alpha value is -2.30. The van der Waals surface area contributed by atoms with Gasteiger partial charge >= 0.3 is 6.11 Å². The topological polar surface area (TPSA) is 9.23 Å². The number of rotatable bonds is 12. The average Bonchev–Trinajstić information content (AvgIpc) is 2.93. The van der Waals surface area contributed by atoms with E-state index in [2.05, 4.69) is 13.5 Å². The van der Waals surface area contributed by atoms with E-state index in [0.717, 1.165) is 56.9 Å². The summed E-state index contributed by atoms with van der Waals surface area (Å²) in [7, 11) is 0. The Morgan fingerprint density at radius 3 is 2.03 bits per heavy atom. The largest absolute Gasteiger partial charge is 0.433 e. The minimum atomic E-state index is -3.53. The molecule has 0 saturated heterocycles. The monoisotopic (exact) mass is 544 g/mol. The summed E-state index contributed by atoms with van der Waals surface area (Å²) in [6.45, 7) is 6.08. The molecule has 0 aromatic heterocycles. The number of unbranched alkanes of at least 4 members (excludes halogenated alkanes) is 2. The maximum absolute atomic E-state index is 14.9. The van der Waals surface area contributed by atoms with Crippen LogP contribution in [-0.4, -0.2) is 6.11 Å². The second-order valence-corrected chi connectivity index (χ2v) is 11.8. The van der Waals surface area contributed by atoms with Gasteiger partial charge in [-0.25, -0.2) is 8.78 Å². The first kappa shape index (κ1) is 29.7. The predicted octanol–water partition coefficient (Wildman–Crippen LogP) is 10.9. The molecule has 4 rings (SSSR count). The van der Waals surface area contributed by atoms with E-state index in [4.69, 9.17) is 4.74 Å². The molecule has 2 aliphatic carbocycles. The van der Waals surface area contributed by atoms with Gasteiger partial charge < -0.3 is 4.74 Å². The molecule has 0 atom stereocenters. The fraction of sp³-hybridized carbons (Fsp3) is 0.588. The van der Waals surface area contributed by atoms with Crippen molar-refractivity contribution < 1.29 is 22.3 Å². The molecule has 2 fully saturated rings. The van der Waals surface area contributed by atoms with Crippen LogP contribution in [0.25, 0.3) is 0 Å². The smallest absolute Gasteiger partial charge is 0.398 e. The number of halogens is 4. The van der Waals surface area contributed by atoms with Gasteiger partial charge in [0.15, 0.2) is 0 Å². The Morgan fingerprint density at radius 2 is 1.44 bits per heavy atom. The highest BCUT2D eigenvalue weighted by Gasteiger charge is 2.33. The maximum Gasteiger partial charge on any atom is 0.398 e. The molecule has 214 valence electrons. The molecule has 2 aliphatic rings. The molecule has 0 bridgehead atoms. The van der Waals surface area contributed by atoms with Gasteiger partial charge in [0.05, 0.1) is 6.42 Å². The van der Waals surface area contributed by atoms with Crippen LogP contribution >= 0.6 is 0 Å². The Labute approximate surface area is 232 Å². The molecule has 2 aromatic carbocycles. The van der Waals surface area contributed by atoms with Crippen molar-refractivity contribution >= 4 is 0 Å². The third-order valence-corrected chi connectivity index (χ3v) is 9.09. The second-order valence-electron chi connectivity index (χ2n) is 11.8. The molecule has 2 saturated carbocycles. The van der Waals surface area contributed by atoms with Gasteiger partial charge in [0.1, 0.15) is 17.4 Å². The Bertz CT molecular complexity index is 1020. The third-order valence-electron chi connectivity index (χ3n) is 9.09. The average molecular weight is 545 g/mol. The van der Waals surface area contributed by atoms with Crippen LogP contribution < -0.4 is 4.74 Å². The van der Waals surface area contributed by atoms with E-state index >= 15 is 0 Å². The van der Waals surface area contributed by atoms with Crippen LogP contribution in [0.5, 0.6) is 5.75 Å². The van der Waals surface area contributed by atoms with Crippen molar-refractivity contribution in [1.29, 1.82) is 0 Å². The molecule has 39 heavy (non-hydrogen) atoms. The summed E-state index contributed by atoms with van der Waals surface area (Å²) >= 11 is 0. The van der Waals surface area contributed by atoms with E-state index in [1.165, 1.54) is 37.8 Å². The number of allylic oxidation sites excluding steroid dienone is 1. The lowest BCUT2D eigenvalue weighted by Crippen LogP contribution is -2.26. The molecule has 0 unspecified atom stereocenters. The van der Waals surface area contributed by atoms with Crippen molar-refractivity contribution in [3.05, 3.63) is 77.4 Å². The summed E-state index contributed by atoms with van der Waals surface area (Å²) in [5.41, 5.74) is 1.49. The first-order valence-electron chi connectivity index (χ1n) is 15.0. The highest BCUT2D eigenvalue weighted by molar-refractivity contribution is 5.31. The van der Waals surface area contributed by atoms with E-state index in [0.29, 0.717) is 23.3 Å². The summed E-state index contributed by atoms with van der Waals surface area (Å²) in [4.78, 5) is 0. The number of hydrogen-bond donors (Lipinski definition) is 0. The van der Waals surface area contributed by atoms with E-state index in [-0.39, 0.29) is 17.2 Å². The SMILES string of the molecule is C=CC1CCC(c2ccc(OC(F)(F)CCc3c(F)cc(C4CCC(CCCCC)CC4)cc3F)cc2)CC1. The predicted molar refractivity (Wildman–Crippen MR) is 150 cm³/mol. The lowest BCUT2D eigenvalue weighted by molar-refractivity contribution is -0.180. The van der Waals surface area contributed by atoms with Crippen molar-refractivity contribution in [3.63, 3.8) is 0 Å². The van der Waals surface area contributed by atoms with Gasteiger partial charge in [-0.3, -0.25) is 0 Å². The zero-order valence-electron chi connectivity index (χ0n) is 23.4. The van der Waals surface area contributed by atoms with Crippen molar-refractivity contribution in [1.82, 2.24) is 0 Å². The quantitative estimate of drug-likeness (QED) is 0.147. The normalized spacial score (nSPS) is 23.9. The number of hydrogen-bond acceptors (Lipinski definition) is 1. The molecule has 5 heteroatoms. The van der Waals surface area contributed by atoms with Crippen LogP contribution in [0.2, 0.25) is 0 Å². The van der Waals surface area contributed by atoms with Gasteiger partial charge in [0.25, 0.3) is 0 Å². The van der Waals surface area contributed by atoms with Gasteiger partial charge in [-0.15, -0.1) is 6.58 Å². The Kier molecular flexibility index (Phi) is 10.5. The van der Waals surface area contributed by atoms with Gasteiger partial charge in [0, 0.05) is 5.56 Å². The van der Waals surface area contributed by atoms with Gasteiger partial charge in [-0.05, 0) is 117 Å². The molecule has 0 aliphatic heterocycles. The zero-order valence-corrected chi connectivity index (χ0v) is 23.4. The highest BCUT2D eigenvalue weighted by Crippen LogP contribution is 2.40. The minimum absolute atomic E-state index is 0.0603. The van der Waals surface area contributed by atoms with Gasteiger partial charge in [-0.1, -0.05) is 50.8 Å². The van der Waals surface area contributed by atoms with Crippen LogP contribution in [0.15, 0.2) is 49.1 Å². The van der Waals surface area contributed by atoms with E-state index in [1.54, 1.807) is 12.1 Å². The Morgan fingerprint density at radius 1 is 0.846 bits per heavy atom. The molecule has 0 heterocycles. The highest BCUT2D eigenvalue weighted by atomic mass is 19.3. The molecule has 0 amide bonds. The standard InChI is InChI=1S/C34H44F4O/c1-3-5-6-7-25-10-14-28(15-11-25)29-22-32(35)31(33(36)23-29)20-21-34(37,38)39-30-18-16-27(17-19-30)26-12-8-24(4-2)9-13-26/h4,16-19,22-26,28H,2-3,5-15,20-21H2,1H3. The van der Waals surface area contributed by atoms with E-state index in [9.17, 15) is 17.6 Å². The minimum Gasteiger partial charge on any atom is -0.433 e. The summed E-state index contributed by atoms with van der Waals surface area (Å²) in [5.74, 6) is 0.416. The molecular formula is C34H44F4O. The van der Waals surface area contributed by atoms with Crippen LogP contribution in [0.3, 0.4) is 0 Å². The van der Waals surface area contributed by atoms with E-state index in [1.807, 2.05) is 18.2 Å².